The van der Waals surface area contributed by atoms with E-state index in [0.717, 1.165) is 17.8 Å². The Labute approximate surface area is 118 Å². The zero-order chi connectivity index (χ0) is 14.2. The number of hydrogen-bond acceptors (Lipinski definition) is 3. The minimum Gasteiger partial charge on any atom is -0.393 e. The number of nitrogens with zero attached hydrogens (tertiary/aromatic N) is 3. The highest BCUT2D eigenvalue weighted by molar-refractivity contribution is 6.31. The lowest BCUT2D eigenvalue weighted by Gasteiger charge is -2.18. The number of aliphatic hydroxyl groups excluding tert-OH is 1. The van der Waals surface area contributed by atoms with Crippen molar-refractivity contribution in [3.05, 3.63) is 16.4 Å². The predicted molar refractivity (Wildman–Crippen MR) is 73.1 cm³/mol. The SMILES string of the molecule is Cc1nn(CC(=O)N2CCC(C(C)O)C2)c(C)c1Cl. The summed E-state index contributed by atoms with van der Waals surface area (Å²) >= 11 is 6.06. The van der Waals surface area contributed by atoms with Crippen LogP contribution in [0.5, 0.6) is 0 Å². The molecule has 1 aliphatic heterocycles. The van der Waals surface area contributed by atoms with Gasteiger partial charge in [0, 0.05) is 19.0 Å². The summed E-state index contributed by atoms with van der Waals surface area (Å²) in [5, 5.41) is 14.4. The Balaban J connectivity index is 2.00. The minimum absolute atomic E-state index is 0.0328. The summed E-state index contributed by atoms with van der Waals surface area (Å²) < 4.78 is 1.65. The second kappa shape index (κ2) is 5.51. The maximum Gasteiger partial charge on any atom is 0.244 e. The zero-order valence-corrected chi connectivity index (χ0v) is 12.3. The molecule has 106 valence electrons. The van der Waals surface area contributed by atoms with E-state index in [1.165, 1.54) is 0 Å². The molecular weight excluding hydrogens is 266 g/mol. The van der Waals surface area contributed by atoms with Crippen LogP contribution in [-0.2, 0) is 11.3 Å². The molecule has 0 aliphatic carbocycles. The molecule has 19 heavy (non-hydrogen) atoms. The number of hydrogen-bond donors (Lipinski definition) is 1. The zero-order valence-electron chi connectivity index (χ0n) is 11.6. The van der Waals surface area contributed by atoms with Gasteiger partial charge in [0.25, 0.3) is 0 Å². The number of rotatable bonds is 3. The van der Waals surface area contributed by atoms with Gasteiger partial charge in [-0.25, -0.2) is 0 Å². The molecule has 6 heteroatoms. The number of carbonyl (C=O) groups is 1. The lowest BCUT2D eigenvalue weighted by molar-refractivity contribution is -0.131. The standard InChI is InChI=1S/C13H20ClN3O2/c1-8-13(14)9(2)17(15-8)7-12(19)16-5-4-11(6-16)10(3)18/h10-11,18H,4-7H2,1-3H3. The van der Waals surface area contributed by atoms with Crippen LogP contribution in [0.3, 0.4) is 0 Å². The van der Waals surface area contributed by atoms with Crippen molar-refractivity contribution in [2.24, 2.45) is 5.92 Å². The van der Waals surface area contributed by atoms with Gasteiger partial charge in [-0.15, -0.1) is 0 Å². The molecule has 0 saturated carbocycles. The van der Waals surface area contributed by atoms with E-state index in [1.54, 1.807) is 16.5 Å². The topological polar surface area (TPSA) is 58.4 Å². The molecular formula is C13H20ClN3O2. The van der Waals surface area contributed by atoms with Crippen molar-refractivity contribution in [3.8, 4) is 0 Å². The van der Waals surface area contributed by atoms with Gasteiger partial charge in [0.1, 0.15) is 6.54 Å². The smallest absolute Gasteiger partial charge is 0.244 e. The Morgan fingerprint density at radius 3 is 2.74 bits per heavy atom. The average molecular weight is 286 g/mol. The maximum atomic E-state index is 12.2. The van der Waals surface area contributed by atoms with Crippen molar-refractivity contribution in [2.45, 2.75) is 39.8 Å². The van der Waals surface area contributed by atoms with Gasteiger partial charge in [-0.1, -0.05) is 11.6 Å². The van der Waals surface area contributed by atoms with E-state index < -0.39 is 0 Å². The van der Waals surface area contributed by atoms with Gasteiger partial charge in [0.15, 0.2) is 0 Å². The van der Waals surface area contributed by atoms with E-state index in [1.807, 2.05) is 13.8 Å². The summed E-state index contributed by atoms with van der Waals surface area (Å²) in [4.78, 5) is 14.0. The molecule has 0 spiro atoms. The van der Waals surface area contributed by atoms with Crippen LogP contribution >= 0.6 is 11.6 Å². The van der Waals surface area contributed by atoms with E-state index in [4.69, 9.17) is 11.6 Å². The fraction of sp³-hybridized carbons (Fsp3) is 0.692. The van der Waals surface area contributed by atoms with Gasteiger partial charge < -0.3 is 10.0 Å². The van der Waals surface area contributed by atoms with Crippen LogP contribution in [-0.4, -0.2) is 44.9 Å². The van der Waals surface area contributed by atoms with Crippen LogP contribution in [0.15, 0.2) is 0 Å². The second-order valence-electron chi connectivity index (χ2n) is 5.27. The Bertz CT molecular complexity index is 484. The van der Waals surface area contributed by atoms with Crippen molar-refractivity contribution < 1.29 is 9.90 Å². The van der Waals surface area contributed by atoms with Gasteiger partial charge in [0.2, 0.25) is 5.91 Å². The highest BCUT2D eigenvalue weighted by atomic mass is 35.5. The Morgan fingerprint density at radius 1 is 1.58 bits per heavy atom. The molecule has 1 saturated heterocycles. The summed E-state index contributed by atoms with van der Waals surface area (Å²) in [6.45, 7) is 7.02. The number of amides is 1. The monoisotopic (exact) mass is 285 g/mol. The molecule has 0 bridgehead atoms. The van der Waals surface area contributed by atoms with Crippen LogP contribution in [0, 0.1) is 19.8 Å². The average Bonchev–Trinajstić information content (AvgIpc) is 2.92. The first-order chi connectivity index (χ1) is 8.90. The van der Waals surface area contributed by atoms with Crippen molar-refractivity contribution in [1.82, 2.24) is 14.7 Å². The molecule has 1 aromatic heterocycles. The van der Waals surface area contributed by atoms with Gasteiger partial charge in [0.05, 0.1) is 22.5 Å². The third-order valence-electron chi connectivity index (χ3n) is 3.84. The predicted octanol–water partition coefficient (Wildman–Crippen LogP) is 1.38. The lowest BCUT2D eigenvalue weighted by Crippen LogP contribution is -2.33. The van der Waals surface area contributed by atoms with Crippen LogP contribution in [0.4, 0.5) is 0 Å². The summed E-state index contributed by atoms with van der Waals surface area (Å²) in [6.07, 6.45) is 0.502. The highest BCUT2D eigenvalue weighted by Crippen LogP contribution is 2.22. The summed E-state index contributed by atoms with van der Waals surface area (Å²) in [5.41, 5.74) is 1.56. The molecule has 2 atom stereocenters. The lowest BCUT2D eigenvalue weighted by atomic mass is 10.0. The van der Waals surface area contributed by atoms with Gasteiger partial charge in [-0.05, 0) is 27.2 Å². The van der Waals surface area contributed by atoms with Crippen molar-refractivity contribution in [3.63, 3.8) is 0 Å². The van der Waals surface area contributed by atoms with E-state index in [-0.39, 0.29) is 24.5 Å². The van der Waals surface area contributed by atoms with Gasteiger partial charge in [-0.3, -0.25) is 9.48 Å². The molecule has 1 amide bonds. The van der Waals surface area contributed by atoms with E-state index in [9.17, 15) is 9.90 Å². The van der Waals surface area contributed by atoms with E-state index in [0.29, 0.717) is 18.1 Å². The van der Waals surface area contributed by atoms with Crippen LogP contribution < -0.4 is 0 Å². The quantitative estimate of drug-likeness (QED) is 0.913. The number of carbonyl (C=O) groups excluding carboxylic acids is 1. The Morgan fingerprint density at radius 2 is 2.26 bits per heavy atom. The summed E-state index contributed by atoms with van der Waals surface area (Å²) in [6, 6.07) is 0. The van der Waals surface area contributed by atoms with Crippen LogP contribution in [0.2, 0.25) is 5.02 Å². The molecule has 2 unspecified atom stereocenters. The van der Waals surface area contributed by atoms with E-state index in [2.05, 4.69) is 5.10 Å². The van der Waals surface area contributed by atoms with Crippen LogP contribution in [0.1, 0.15) is 24.7 Å². The third-order valence-corrected chi connectivity index (χ3v) is 4.38. The molecule has 0 aromatic carbocycles. The first-order valence-electron chi connectivity index (χ1n) is 6.55. The number of likely N-dealkylation sites (tertiary alicyclic amines) is 1. The molecule has 1 aliphatic rings. The van der Waals surface area contributed by atoms with Gasteiger partial charge in [-0.2, -0.15) is 5.10 Å². The first-order valence-corrected chi connectivity index (χ1v) is 6.93. The third kappa shape index (κ3) is 2.92. The fourth-order valence-electron chi connectivity index (χ4n) is 2.46. The molecule has 1 aromatic rings. The number of aromatic nitrogens is 2. The van der Waals surface area contributed by atoms with Crippen LogP contribution in [0.25, 0.3) is 0 Å². The molecule has 5 nitrogen and oxygen atoms in total. The summed E-state index contributed by atoms with van der Waals surface area (Å²) in [5.74, 6) is 0.221. The minimum atomic E-state index is -0.360. The highest BCUT2D eigenvalue weighted by Gasteiger charge is 2.29. The maximum absolute atomic E-state index is 12.2. The van der Waals surface area contributed by atoms with Crippen molar-refractivity contribution in [2.75, 3.05) is 13.1 Å². The number of halogens is 1. The Hall–Kier alpha value is -1.07. The van der Waals surface area contributed by atoms with Gasteiger partial charge >= 0.3 is 0 Å². The normalized spacial score (nSPS) is 20.9. The molecule has 0 radical (unpaired) electrons. The fourth-order valence-corrected chi connectivity index (χ4v) is 2.60. The molecule has 2 heterocycles. The number of aryl methyl sites for hydroxylation is 1. The van der Waals surface area contributed by atoms with Crippen molar-refractivity contribution in [1.29, 1.82) is 0 Å². The summed E-state index contributed by atoms with van der Waals surface area (Å²) in [7, 11) is 0. The Kier molecular flexibility index (Phi) is 4.16. The van der Waals surface area contributed by atoms with E-state index >= 15 is 0 Å². The first kappa shape index (κ1) is 14.3. The largest absolute Gasteiger partial charge is 0.393 e. The number of aliphatic hydroxyl groups is 1. The molecule has 1 N–H and O–H groups in total. The second-order valence-corrected chi connectivity index (χ2v) is 5.65. The van der Waals surface area contributed by atoms with Crippen molar-refractivity contribution >= 4 is 17.5 Å². The molecule has 2 rings (SSSR count). The molecule has 1 fully saturated rings.